The fourth-order valence-corrected chi connectivity index (χ4v) is 4.65. The first-order valence-corrected chi connectivity index (χ1v) is 11.3. The van der Waals surface area contributed by atoms with Crippen molar-refractivity contribution in [3.8, 4) is 5.75 Å². The van der Waals surface area contributed by atoms with Crippen LogP contribution in [0.3, 0.4) is 0 Å². The van der Waals surface area contributed by atoms with Crippen LogP contribution in [0.4, 0.5) is 11.4 Å². The van der Waals surface area contributed by atoms with Gasteiger partial charge in [-0.1, -0.05) is 43.7 Å². The van der Waals surface area contributed by atoms with E-state index in [1.165, 1.54) is 0 Å². The third kappa shape index (κ3) is 4.98. The van der Waals surface area contributed by atoms with Crippen LogP contribution in [0.2, 0.25) is 0 Å². The monoisotopic (exact) mass is 446 g/mol. The van der Waals surface area contributed by atoms with E-state index >= 15 is 0 Å². The van der Waals surface area contributed by atoms with Gasteiger partial charge in [-0.3, -0.25) is 0 Å². The average Bonchev–Trinajstić information content (AvgIpc) is 2.73. The van der Waals surface area contributed by atoms with E-state index in [0.717, 1.165) is 62.3 Å². The first-order chi connectivity index (χ1) is 15.5. The van der Waals surface area contributed by atoms with Gasteiger partial charge in [0.25, 0.3) is 0 Å². The van der Waals surface area contributed by atoms with Gasteiger partial charge >= 0.3 is 5.97 Å². The zero-order valence-electron chi connectivity index (χ0n) is 20.2. The minimum atomic E-state index is -1.02. The molecule has 5 heteroatoms. The number of aromatic hydroxyl groups is 1. The Balaban J connectivity index is 2.18. The molecular formula is C28H34N2O3. The van der Waals surface area contributed by atoms with Crippen LogP contribution >= 0.6 is 0 Å². The molecule has 0 radical (unpaired) electrons. The minimum Gasteiger partial charge on any atom is -0.507 e. The van der Waals surface area contributed by atoms with Gasteiger partial charge in [-0.15, -0.1) is 0 Å². The Kier molecular flexibility index (Phi) is 7.01. The molecule has 6 N–H and O–H groups in total. The fraction of sp³-hybridized carbons (Fsp3) is 0.321. The van der Waals surface area contributed by atoms with E-state index in [9.17, 15) is 15.0 Å². The van der Waals surface area contributed by atoms with E-state index in [1.54, 1.807) is 0 Å². The molecule has 5 nitrogen and oxygen atoms in total. The van der Waals surface area contributed by atoms with Gasteiger partial charge in [-0.2, -0.15) is 0 Å². The van der Waals surface area contributed by atoms with Crippen molar-refractivity contribution in [3.63, 3.8) is 0 Å². The number of carboxylic acids is 1. The first kappa shape index (κ1) is 24.2. The van der Waals surface area contributed by atoms with E-state index in [-0.39, 0.29) is 11.3 Å². The van der Waals surface area contributed by atoms with Gasteiger partial charge in [0.05, 0.1) is 5.56 Å². The number of aromatic carboxylic acids is 1. The number of phenols is 1. The van der Waals surface area contributed by atoms with E-state index in [0.29, 0.717) is 24.8 Å². The van der Waals surface area contributed by atoms with Crippen LogP contribution in [0.1, 0.15) is 73.8 Å². The summed E-state index contributed by atoms with van der Waals surface area (Å²) in [7, 11) is 0. The standard InChI is InChI=1S/C28H34N2O3/c1-6-7-21-14-22(12-19-8-15(2)25(29)16(3)9-19)27(31)23(24(21)28(32)33)13-20-10-17(4)26(30)18(5)11-20/h8-11,14,31H,6-7,12-13,29-30H2,1-5H3,(H,32,33). The number of benzene rings is 3. The molecule has 0 saturated carbocycles. The second-order valence-electron chi connectivity index (χ2n) is 9.09. The zero-order chi connectivity index (χ0) is 24.4. The molecule has 0 amide bonds. The Bertz CT molecular complexity index is 1180. The van der Waals surface area contributed by atoms with Crippen molar-refractivity contribution >= 4 is 17.3 Å². The summed E-state index contributed by atoms with van der Waals surface area (Å²) in [5, 5.41) is 21.4. The van der Waals surface area contributed by atoms with Crippen LogP contribution < -0.4 is 11.5 Å². The molecule has 0 aliphatic heterocycles. The topological polar surface area (TPSA) is 110 Å². The molecule has 33 heavy (non-hydrogen) atoms. The first-order valence-electron chi connectivity index (χ1n) is 11.3. The number of anilines is 2. The molecule has 0 aromatic heterocycles. The molecule has 0 saturated heterocycles. The van der Waals surface area contributed by atoms with Crippen molar-refractivity contribution in [2.75, 3.05) is 11.5 Å². The molecule has 0 fully saturated rings. The highest BCUT2D eigenvalue weighted by molar-refractivity contribution is 5.92. The number of nitrogen functional groups attached to an aromatic ring is 2. The van der Waals surface area contributed by atoms with Crippen LogP contribution in [0, 0.1) is 27.7 Å². The summed E-state index contributed by atoms with van der Waals surface area (Å²) in [5.74, 6) is -0.968. The molecule has 3 aromatic carbocycles. The van der Waals surface area contributed by atoms with Crippen LogP contribution in [0.25, 0.3) is 0 Å². The molecule has 0 bridgehead atoms. The molecule has 3 aromatic rings. The van der Waals surface area contributed by atoms with Crippen LogP contribution in [0.15, 0.2) is 30.3 Å². The highest BCUT2D eigenvalue weighted by atomic mass is 16.4. The summed E-state index contributed by atoms with van der Waals surface area (Å²) in [6.45, 7) is 9.85. The average molecular weight is 447 g/mol. The van der Waals surface area contributed by atoms with Crippen molar-refractivity contribution in [2.24, 2.45) is 0 Å². The second-order valence-corrected chi connectivity index (χ2v) is 9.09. The van der Waals surface area contributed by atoms with Crippen molar-refractivity contribution in [2.45, 2.75) is 60.3 Å². The zero-order valence-corrected chi connectivity index (χ0v) is 20.2. The number of hydrogen-bond acceptors (Lipinski definition) is 4. The maximum absolute atomic E-state index is 12.3. The summed E-state index contributed by atoms with van der Waals surface area (Å²) in [5.41, 5.74) is 21.7. The Morgan fingerprint density at radius 1 is 0.788 bits per heavy atom. The predicted octanol–water partition coefficient (Wildman–Crippen LogP) is 5.62. The van der Waals surface area contributed by atoms with E-state index < -0.39 is 5.97 Å². The van der Waals surface area contributed by atoms with Crippen LogP contribution in [-0.4, -0.2) is 16.2 Å². The smallest absolute Gasteiger partial charge is 0.336 e. The lowest BCUT2D eigenvalue weighted by Crippen LogP contribution is -2.11. The van der Waals surface area contributed by atoms with E-state index in [1.807, 2.05) is 65.0 Å². The number of hydrogen-bond donors (Lipinski definition) is 4. The normalized spacial score (nSPS) is 11.1. The molecule has 0 aliphatic carbocycles. The quantitative estimate of drug-likeness (QED) is 0.352. The summed E-state index contributed by atoms with van der Waals surface area (Å²) in [4.78, 5) is 12.3. The number of aryl methyl sites for hydroxylation is 5. The fourth-order valence-electron chi connectivity index (χ4n) is 4.65. The number of carbonyl (C=O) groups is 1. The second kappa shape index (κ2) is 9.57. The number of rotatable bonds is 7. The van der Waals surface area contributed by atoms with Gasteiger partial charge in [-0.25, -0.2) is 4.79 Å². The predicted molar refractivity (Wildman–Crippen MR) is 135 cm³/mol. The van der Waals surface area contributed by atoms with Gasteiger partial charge in [0.2, 0.25) is 0 Å². The number of nitrogens with two attached hydrogens (primary N) is 2. The number of phenolic OH excluding ortho intramolecular Hbond substituents is 1. The summed E-state index contributed by atoms with van der Waals surface area (Å²) < 4.78 is 0. The summed E-state index contributed by atoms with van der Waals surface area (Å²) in [6, 6.07) is 9.84. The van der Waals surface area contributed by atoms with Crippen molar-refractivity contribution < 1.29 is 15.0 Å². The molecular weight excluding hydrogens is 412 g/mol. The highest BCUT2D eigenvalue weighted by Gasteiger charge is 2.23. The lowest BCUT2D eigenvalue weighted by molar-refractivity contribution is 0.0694. The Hall–Kier alpha value is -3.47. The third-order valence-corrected chi connectivity index (χ3v) is 6.38. The van der Waals surface area contributed by atoms with Crippen molar-refractivity contribution in [1.82, 2.24) is 0 Å². The van der Waals surface area contributed by atoms with Gasteiger partial charge in [0.15, 0.2) is 0 Å². The van der Waals surface area contributed by atoms with Crippen LogP contribution in [-0.2, 0) is 19.3 Å². The maximum atomic E-state index is 12.3. The van der Waals surface area contributed by atoms with Crippen LogP contribution in [0.5, 0.6) is 5.75 Å². The van der Waals surface area contributed by atoms with E-state index in [2.05, 4.69) is 0 Å². The maximum Gasteiger partial charge on any atom is 0.336 e. The Morgan fingerprint density at radius 3 is 1.67 bits per heavy atom. The molecule has 174 valence electrons. The molecule has 3 rings (SSSR count). The lowest BCUT2D eigenvalue weighted by atomic mass is 9.87. The van der Waals surface area contributed by atoms with E-state index in [4.69, 9.17) is 11.5 Å². The van der Waals surface area contributed by atoms with Gasteiger partial charge in [0.1, 0.15) is 5.75 Å². The van der Waals surface area contributed by atoms with Crippen molar-refractivity contribution in [3.05, 3.63) is 86.0 Å². The Morgan fingerprint density at radius 2 is 1.24 bits per heavy atom. The molecule has 0 heterocycles. The summed E-state index contributed by atoms with van der Waals surface area (Å²) >= 11 is 0. The molecule has 0 atom stereocenters. The molecule has 0 aliphatic rings. The molecule has 0 unspecified atom stereocenters. The number of carboxylic acid groups (broad SMARTS) is 1. The Labute approximate surface area is 196 Å². The van der Waals surface area contributed by atoms with Gasteiger partial charge in [-0.05, 0) is 78.6 Å². The van der Waals surface area contributed by atoms with Gasteiger partial charge < -0.3 is 21.7 Å². The largest absolute Gasteiger partial charge is 0.507 e. The lowest BCUT2D eigenvalue weighted by Gasteiger charge is -2.19. The molecule has 0 spiro atoms. The highest BCUT2D eigenvalue weighted by Crippen LogP contribution is 2.35. The minimum absolute atomic E-state index is 0.0477. The third-order valence-electron chi connectivity index (χ3n) is 6.38. The van der Waals surface area contributed by atoms with Gasteiger partial charge in [0, 0.05) is 29.8 Å². The summed E-state index contributed by atoms with van der Waals surface area (Å²) in [6.07, 6.45) is 2.25. The SMILES string of the molecule is CCCc1cc(Cc2cc(C)c(N)c(C)c2)c(O)c(Cc2cc(C)c(N)c(C)c2)c1C(=O)O. The van der Waals surface area contributed by atoms with Crippen molar-refractivity contribution in [1.29, 1.82) is 0 Å².